The Morgan fingerprint density at radius 1 is 1.38 bits per heavy atom. The Bertz CT molecular complexity index is 364. The summed E-state index contributed by atoms with van der Waals surface area (Å²) in [5, 5.41) is 4.64. The molecule has 0 aliphatic carbocycles. The standard InChI is InChI=1S/C11H12BrCl2NO/c1-7(2-3-12)15-11(16)8-4-9(13)6-10(14)5-8/h4-7H,2-3H2,1H3,(H,15,16). The van der Waals surface area contributed by atoms with E-state index in [1.807, 2.05) is 6.92 Å². The third kappa shape index (κ3) is 4.32. The van der Waals surface area contributed by atoms with E-state index in [1.54, 1.807) is 18.2 Å². The van der Waals surface area contributed by atoms with Gasteiger partial charge < -0.3 is 5.32 Å². The lowest BCUT2D eigenvalue weighted by atomic mass is 10.2. The summed E-state index contributed by atoms with van der Waals surface area (Å²) in [5.74, 6) is -0.155. The van der Waals surface area contributed by atoms with Gasteiger partial charge in [0.15, 0.2) is 0 Å². The van der Waals surface area contributed by atoms with Gasteiger partial charge in [-0.3, -0.25) is 4.79 Å². The molecule has 2 nitrogen and oxygen atoms in total. The van der Waals surface area contributed by atoms with Gasteiger partial charge in [-0.25, -0.2) is 0 Å². The second-order valence-electron chi connectivity index (χ2n) is 3.51. The summed E-state index contributed by atoms with van der Waals surface area (Å²) in [7, 11) is 0. The van der Waals surface area contributed by atoms with Crippen LogP contribution in [0.25, 0.3) is 0 Å². The van der Waals surface area contributed by atoms with Crippen molar-refractivity contribution in [1.82, 2.24) is 5.32 Å². The van der Waals surface area contributed by atoms with E-state index < -0.39 is 0 Å². The van der Waals surface area contributed by atoms with Crippen molar-refractivity contribution in [2.75, 3.05) is 5.33 Å². The normalized spacial score (nSPS) is 12.2. The summed E-state index contributed by atoms with van der Waals surface area (Å²) in [4.78, 5) is 11.8. The van der Waals surface area contributed by atoms with Crippen LogP contribution in [0, 0.1) is 0 Å². The highest BCUT2D eigenvalue weighted by Gasteiger charge is 2.10. The molecule has 1 atom stereocenters. The van der Waals surface area contributed by atoms with Crippen LogP contribution in [-0.4, -0.2) is 17.3 Å². The van der Waals surface area contributed by atoms with Crippen LogP contribution in [-0.2, 0) is 0 Å². The van der Waals surface area contributed by atoms with Gasteiger partial charge >= 0.3 is 0 Å². The molecule has 0 bridgehead atoms. The van der Waals surface area contributed by atoms with Crippen LogP contribution in [0.3, 0.4) is 0 Å². The predicted octanol–water partition coefficient (Wildman–Crippen LogP) is 3.90. The second kappa shape index (κ2) is 6.48. The largest absolute Gasteiger partial charge is 0.350 e. The van der Waals surface area contributed by atoms with E-state index in [0.717, 1.165) is 11.8 Å². The monoisotopic (exact) mass is 323 g/mol. The third-order valence-electron chi connectivity index (χ3n) is 2.04. The second-order valence-corrected chi connectivity index (χ2v) is 5.18. The Morgan fingerprint density at radius 2 is 1.94 bits per heavy atom. The maximum Gasteiger partial charge on any atom is 0.251 e. The maximum absolute atomic E-state index is 11.8. The van der Waals surface area contributed by atoms with Gasteiger partial charge in [0.25, 0.3) is 5.91 Å². The lowest BCUT2D eigenvalue weighted by Gasteiger charge is -2.12. The highest BCUT2D eigenvalue weighted by molar-refractivity contribution is 9.09. The van der Waals surface area contributed by atoms with E-state index in [0.29, 0.717) is 15.6 Å². The molecular weight excluding hydrogens is 313 g/mol. The smallest absolute Gasteiger partial charge is 0.251 e. The van der Waals surface area contributed by atoms with Crippen molar-refractivity contribution < 1.29 is 4.79 Å². The van der Waals surface area contributed by atoms with Gasteiger partial charge in [-0.2, -0.15) is 0 Å². The van der Waals surface area contributed by atoms with Gasteiger partial charge in [0.2, 0.25) is 0 Å². The molecule has 0 radical (unpaired) electrons. The van der Waals surface area contributed by atoms with Crippen molar-refractivity contribution in [2.24, 2.45) is 0 Å². The Kier molecular flexibility index (Phi) is 5.59. The zero-order chi connectivity index (χ0) is 12.1. The molecule has 0 saturated heterocycles. The van der Waals surface area contributed by atoms with Crippen LogP contribution in [0.15, 0.2) is 18.2 Å². The molecule has 1 aromatic rings. The Balaban J connectivity index is 2.72. The van der Waals surface area contributed by atoms with Gasteiger partial charge in [-0.15, -0.1) is 0 Å². The highest BCUT2D eigenvalue weighted by Crippen LogP contribution is 2.19. The molecule has 1 aromatic carbocycles. The van der Waals surface area contributed by atoms with Gasteiger partial charge in [0.1, 0.15) is 0 Å². The van der Waals surface area contributed by atoms with Gasteiger partial charge in [-0.1, -0.05) is 39.1 Å². The summed E-state index contributed by atoms with van der Waals surface area (Å²) >= 11 is 15.0. The van der Waals surface area contributed by atoms with Crippen molar-refractivity contribution in [3.63, 3.8) is 0 Å². The Hall–Kier alpha value is -0.250. The number of nitrogens with one attached hydrogen (secondary N) is 1. The highest BCUT2D eigenvalue weighted by atomic mass is 79.9. The molecule has 1 rings (SSSR count). The number of amides is 1. The zero-order valence-electron chi connectivity index (χ0n) is 8.77. The van der Waals surface area contributed by atoms with E-state index in [1.165, 1.54) is 0 Å². The molecule has 1 amide bonds. The molecule has 88 valence electrons. The minimum absolute atomic E-state index is 0.115. The molecule has 0 saturated carbocycles. The fourth-order valence-corrected chi connectivity index (χ4v) is 2.44. The van der Waals surface area contributed by atoms with Crippen LogP contribution >= 0.6 is 39.1 Å². The molecule has 0 aromatic heterocycles. The lowest BCUT2D eigenvalue weighted by molar-refractivity contribution is 0.0939. The molecule has 0 aliphatic heterocycles. The fourth-order valence-electron chi connectivity index (χ4n) is 1.23. The van der Waals surface area contributed by atoms with Gasteiger partial charge in [-0.05, 0) is 31.5 Å². The number of hydrogen-bond acceptors (Lipinski definition) is 1. The molecule has 0 heterocycles. The first-order valence-corrected chi connectivity index (χ1v) is 6.73. The van der Waals surface area contributed by atoms with Crippen LogP contribution < -0.4 is 5.32 Å². The van der Waals surface area contributed by atoms with Crippen LogP contribution in [0.4, 0.5) is 0 Å². The SMILES string of the molecule is CC(CCBr)NC(=O)c1cc(Cl)cc(Cl)c1. The number of alkyl halides is 1. The number of hydrogen-bond donors (Lipinski definition) is 1. The first-order valence-electron chi connectivity index (χ1n) is 4.86. The van der Waals surface area contributed by atoms with Gasteiger partial charge in [0, 0.05) is 27.0 Å². The molecule has 16 heavy (non-hydrogen) atoms. The minimum Gasteiger partial charge on any atom is -0.350 e. The van der Waals surface area contributed by atoms with Crippen molar-refractivity contribution in [3.05, 3.63) is 33.8 Å². The van der Waals surface area contributed by atoms with E-state index in [2.05, 4.69) is 21.2 Å². The minimum atomic E-state index is -0.155. The maximum atomic E-state index is 11.8. The average Bonchev–Trinajstić information content (AvgIpc) is 2.16. The summed E-state index contributed by atoms with van der Waals surface area (Å²) in [6, 6.07) is 4.92. The third-order valence-corrected chi connectivity index (χ3v) is 2.94. The Morgan fingerprint density at radius 3 is 2.44 bits per heavy atom. The summed E-state index contributed by atoms with van der Waals surface area (Å²) in [5.41, 5.74) is 0.485. The molecular formula is C11H12BrCl2NO. The van der Waals surface area contributed by atoms with Crippen LogP contribution in [0.5, 0.6) is 0 Å². The van der Waals surface area contributed by atoms with E-state index in [-0.39, 0.29) is 11.9 Å². The number of benzene rings is 1. The average molecular weight is 325 g/mol. The topological polar surface area (TPSA) is 29.1 Å². The molecule has 5 heteroatoms. The first kappa shape index (κ1) is 13.8. The number of halogens is 3. The fraction of sp³-hybridized carbons (Fsp3) is 0.364. The summed E-state index contributed by atoms with van der Waals surface area (Å²) in [6.07, 6.45) is 0.875. The van der Waals surface area contributed by atoms with Crippen molar-refractivity contribution in [3.8, 4) is 0 Å². The first-order chi connectivity index (χ1) is 7.52. The predicted molar refractivity (Wildman–Crippen MR) is 71.8 cm³/mol. The molecule has 1 unspecified atom stereocenters. The molecule has 1 N–H and O–H groups in total. The van der Waals surface area contributed by atoms with E-state index in [4.69, 9.17) is 23.2 Å². The van der Waals surface area contributed by atoms with E-state index >= 15 is 0 Å². The Labute approximate surface area is 113 Å². The van der Waals surface area contributed by atoms with Crippen LogP contribution in [0.1, 0.15) is 23.7 Å². The van der Waals surface area contributed by atoms with Gasteiger partial charge in [0.05, 0.1) is 0 Å². The van der Waals surface area contributed by atoms with Crippen molar-refractivity contribution in [2.45, 2.75) is 19.4 Å². The molecule has 0 fully saturated rings. The molecule has 0 spiro atoms. The lowest BCUT2D eigenvalue weighted by Crippen LogP contribution is -2.32. The van der Waals surface area contributed by atoms with E-state index in [9.17, 15) is 4.79 Å². The number of rotatable bonds is 4. The summed E-state index contributed by atoms with van der Waals surface area (Å²) < 4.78 is 0. The number of carbonyl (C=O) groups excluding carboxylic acids is 1. The van der Waals surface area contributed by atoms with Crippen LogP contribution in [0.2, 0.25) is 10.0 Å². The van der Waals surface area contributed by atoms with Crippen molar-refractivity contribution in [1.29, 1.82) is 0 Å². The quantitative estimate of drug-likeness (QED) is 0.836. The summed E-state index contributed by atoms with van der Waals surface area (Å²) in [6.45, 7) is 1.95. The number of carbonyl (C=O) groups is 1. The van der Waals surface area contributed by atoms with Crippen molar-refractivity contribution >= 4 is 45.0 Å². The molecule has 0 aliphatic rings. The zero-order valence-corrected chi connectivity index (χ0v) is 11.9.